The first kappa shape index (κ1) is 13.2. The minimum Gasteiger partial charge on any atom is -0.481 e. The molecule has 2 unspecified atom stereocenters. The van der Waals surface area contributed by atoms with Crippen LogP contribution in [0.15, 0.2) is 29.3 Å². The quantitative estimate of drug-likeness (QED) is 0.897. The van der Waals surface area contributed by atoms with Gasteiger partial charge in [0.1, 0.15) is 6.61 Å². The van der Waals surface area contributed by atoms with Crippen LogP contribution in [0.2, 0.25) is 0 Å². The third-order valence-electron chi connectivity index (χ3n) is 3.97. The van der Waals surface area contributed by atoms with Gasteiger partial charge >= 0.3 is 5.97 Å². The lowest BCUT2D eigenvalue weighted by atomic mass is 9.90. The van der Waals surface area contributed by atoms with Crippen molar-refractivity contribution in [3.63, 3.8) is 0 Å². The van der Waals surface area contributed by atoms with Crippen LogP contribution in [0.3, 0.4) is 0 Å². The van der Waals surface area contributed by atoms with E-state index in [2.05, 4.69) is 4.99 Å². The highest BCUT2D eigenvalue weighted by molar-refractivity contribution is 5.95. The molecule has 0 radical (unpaired) electrons. The number of carboxylic acids is 1. The number of hydrogen-bond donors (Lipinski definition) is 1. The Kier molecular flexibility index (Phi) is 3.47. The first-order chi connectivity index (χ1) is 9.63. The van der Waals surface area contributed by atoms with Gasteiger partial charge in [-0.05, 0) is 49.3 Å². The summed E-state index contributed by atoms with van der Waals surface area (Å²) < 4.78 is 5.53. The summed E-state index contributed by atoms with van der Waals surface area (Å²) in [6.45, 7) is 2.66. The fourth-order valence-corrected chi connectivity index (χ4v) is 2.75. The molecule has 2 atom stereocenters. The highest BCUT2D eigenvalue weighted by atomic mass is 16.5. The van der Waals surface area contributed by atoms with Crippen LogP contribution in [0.1, 0.15) is 43.2 Å². The Labute approximate surface area is 118 Å². The Hall–Kier alpha value is -1.84. The van der Waals surface area contributed by atoms with Gasteiger partial charge in [-0.1, -0.05) is 12.1 Å². The number of aliphatic imine (C=N–C) groups is 1. The van der Waals surface area contributed by atoms with Gasteiger partial charge in [-0.3, -0.25) is 4.79 Å². The zero-order chi connectivity index (χ0) is 14.1. The van der Waals surface area contributed by atoms with E-state index in [4.69, 9.17) is 9.84 Å². The van der Waals surface area contributed by atoms with E-state index >= 15 is 0 Å². The maximum Gasteiger partial charge on any atom is 0.303 e. The average Bonchev–Trinajstić information content (AvgIpc) is 3.18. The SMILES string of the molecule is CC1COC(c2ccc(C(CC(=O)O)C3CC3)cc2)=N1. The molecule has 0 amide bonds. The topological polar surface area (TPSA) is 58.9 Å². The Morgan fingerprint density at radius 3 is 2.60 bits per heavy atom. The highest BCUT2D eigenvalue weighted by Gasteiger charge is 2.33. The number of carboxylic acid groups (broad SMARTS) is 1. The van der Waals surface area contributed by atoms with Gasteiger partial charge in [-0.25, -0.2) is 4.99 Å². The standard InChI is InChI=1S/C16H19NO3/c1-10-9-20-16(17-10)13-6-4-12(5-7-13)14(8-15(18)19)11-2-3-11/h4-7,10-11,14H,2-3,8-9H2,1H3,(H,18,19). The lowest BCUT2D eigenvalue weighted by molar-refractivity contribution is -0.137. The number of benzene rings is 1. The lowest BCUT2D eigenvalue weighted by Crippen LogP contribution is -2.09. The Bertz CT molecular complexity index is 531. The van der Waals surface area contributed by atoms with Crippen LogP contribution in [0.5, 0.6) is 0 Å². The first-order valence-corrected chi connectivity index (χ1v) is 7.16. The van der Waals surface area contributed by atoms with Crippen molar-refractivity contribution in [1.29, 1.82) is 0 Å². The van der Waals surface area contributed by atoms with Crippen molar-refractivity contribution in [2.75, 3.05) is 6.61 Å². The number of aliphatic carboxylic acids is 1. The van der Waals surface area contributed by atoms with Crippen molar-refractivity contribution in [1.82, 2.24) is 0 Å². The minimum absolute atomic E-state index is 0.145. The lowest BCUT2D eigenvalue weighted by Gasteiger charge is -2.14. The third-order valence-corrected chi connectivity index (χ3v) is 3.97. The highest BCUT2D eigenvalue weighted by Crippen LogP contribution is 2.44. The summed E-state index contributed by atoms with van der Waals surface area (Å²) in [5.41, 5.74) is 2.09. The van der Waals surface area contributed by atoms with E-state index in [0.29, 0.717) is 18.4 Å². The summed E-state index contributed by atoms with van der Waals surface area (Å²) in [6.07, 6.45) is 2.51. The molecule has 0 spiro atoms. The number of ether oxygens (including phenoxy) is 1. The predicted octanol–water partition coefficient (Wildman–Crippen LogP) is 2.82. The van der Waals surface area contributed by atoms with Gasteiger partial charge in [0.25, 0.3) is 0 Å². The molecule has 3 rings (SSSR count). The summed E-state index contributed by atoms with van der Waals surface area (Å²) in [5.74, 6) is 0.664. The molecule has 1 fully saturated rings. The molecule has 106 valence electrons. The smallest absolute Gasteiger partial charge is 0.303 e. The Morgan fingerprint density at radius 1 is 1.40 bits per heavy atom. The van der Waals surface area contributed by atoms with Crippen LogP contribution in [-0.2, 0) is 9.53 Å². The second-order valence-electron chi connectivity index (χ2n) is 5.76. The van der Waals surface area contributed by atoms with Gasteiger partial charge in [0, 0.05) is 5.56 Å². The zero-order valence-corrected chi connectivity index (χ0v) is 11.6. The second kappa shape index (κ2) is 5.27. The molecule has 0 saturated heterocycles. The van der Waals surface area contributed by atoms with Gasteiger partial charge in [-0.2, -0.15) is 0 Å². The van der Waals surface area contributed by atoms with E-state index in [9.17, 15) is 4.79 Å². The molecule has 1 saturated carbocycles. The number of hydrogen-bond acceptors (Lipinski definition) is 3. The minimum atomic E-state index is -0.719. The average molecular weight is 273 g/mol. The molecule has 20 heavy (non-hydrogen) atoms. The van der Waals surface area contributed by atoms with Gasteiger partial charge < -0.3 is 9.84 Å². The van der Waals surface area contributed by atoms with Crippen LogP contribution < -0.4 is 0 Å². The molecule has 1 aliphatic carbocycles. The molecular formula is C16H19NO3. The molecule has 4 nitrogen and oxygen atoms in total. The molecule has 1 heterocycles. The van der Waals surface area contributed by atoms with Crippen LogP contribution in [0.25, 0.3) is 0 Å². The summed E-state index contributed by atoms with van der Waals surface area (Å²) >= 11 is 0. The number of nitrogens with zero attached hydrogens (tertiary/aromatic N) is 1. The van der Waals surface area contributed by atoms with E-state index < -0.39 is 5.97 Å². The normalized spacial score (nSPS) is 23.1. The maximum absolute atomic E-state index is 11.0. The summed E-state index contributed by atoms with van der Waals surface area (Å²) in [4.78, 5) is 15.4. The third kappa shape index (κ3) is 2.84. The molecule has 1 aliphatic heterocycles. The summed E-state index contributed by atoms with van der Waals surface area (Å²) in [6, 6.07) is 8.25. The fourth-order valence-electron chi connectivity index (χ4n) is 2.75. The molecule has 4 heteroatoms. The Morgan fingerprint density at radius 2 is 2.10 bits per heavy atom. The van der Waals surface area contributed by atoms with E-state index in [-0.39, 0.29) is 18.4 Å². The fraction of sp³-hybridized carbons (Fsp3) is 0.500. The molecule has 0 bridgehead atoms. The van der Waals surface area contributed by atoms with Crippen molar-refractivity contribution in [2.45, 2.75) is 38.1 Å². The van der Waals surface area contributed by atoms with Crippen LogP contribution in [0.4, 0.5) is 0 Å². The van der Waals surface area contributed by atoms with Gasteiger partial charge in [-0.15, -0.1) is 0 Å². The Balaban J connectivity index is 1.77. The monoisotopic (exact) mass is 273 g/mol. The van der Waals surface area contributed by atoms with Crippen molar-refractivity contribution in [3.8, 4) is 0 Å². The molecule has 1 aromatic rings. The predicted molar refractivity (Wildman–Crippen MR) is 76.1 cm³/mol. The van der Waals surface area contributed by atoms with E-state index in [1.54, 1.807) is 0 Å². The zero-order valence-electron chi connectivity index (χ0n) is 11.6. The summed E-state index contributed by atoms with van der Waals surface area (Å²) in [5, 5.41) is 9.04. The molecule has 1 aromatic carbocycles. The van der Waals surface area contributed by atoms with Crippen LogP contribution in [0, 0.1) is 5.92 Å². The van der Waals surface area contributed by atoms with Crippen LogP contribution in [-0.4, -0.2) is 29.6 Å². The van der Waals surface area contributed by atoms with E-state index in [0.717, 1.165) is 24.0 Å². The molecule has 1 N–H and O–H groups in total. The maximum atomic E-state index is 11.0. The van der Waals surface area contributed by atoms with Crippen molar-refractivity contribution < 1.29 is 14.6 Å². The van der Waals surface area contributed by atoms with E-state index in [1.807, 2.05) is 31.2 Å². The molecular weight excluding hydrogens is 254 g/mol. The van der Waals surface area contributed by atoms with Crippen LogP contribution >= 0.6 is 0 Å². The molecule has 0 aromatic heterocycles. The largest absolute Gasteiger partial charge is 0.481 e. The summed E-state index contributed by atoms with van der Waals surface area (Å²) in [7, 11) is 0. The number of carbonyl (C=O) groups is 1. The van der Waals surface area contributed by atoms with Crippen molar-refractivity contribution in [3.05, 3.63) is 35.4 Å². The van der Waals surface area contributed by atoms with Crippen molar-refractivity contribution in [2.24, 2.45) is 10.9 Å². The number of rotatable bonds is 5. The first-order valence-electron chi connectivity index (χ1n) is 7.16. The second-order valence-corrected chi connectivity index (χ2v) is 5.76. The van der Waals surface area contributed by atoms with Gasteiger partial charge in [0.15, 0.2) is 0 Å². The van der Waals surface area contributed by atoms with Crippen molar-refractivity contribution >= 4 is 11.9 Å². The van der Waals surface area contributed by atoms with Gasteiger partial charge in [0.2, 0.25) is 5.90 Å². The van der Waals surface area contributed by atoms with Gasteiger partial charge in [0.05, 0.1) is 12.5 Å². The van der Waals surface area contributed by atoms with E-state index in [1.165, 1.54) is 0 Å². The molecule has 2 aliphatic rings.